The molecule has 0 spiro atoms. The Hall–Kier alpha value is -3.07. The summed E-state index contributed by atoms with van der Waals surface area (Å²) in [6.45, 7) is 3.48. The van der Waals surface area contributed by atoms with Crippen LogP contribution in [0.25, 0.3) is 0 Å². The summed E-state index contributed by atoms with van der Waals surface area (Å²) in [4.78, 5) is 63.6. The van der Waals surface area contributed by atoms with Gasteiger partial charge in [0, 0.05) is 12.3 Å². The molecular formula is C18H34N8O6S. The summed E-state index contributed by atoms with van der Waals surface area (Å²) in [6.07, 6.45) is -0.0622. The van der Waals surface area contributed by atoms with Gasteiger partial charge in [0.2, 0.25) is 23.6 Å². The van der Waals surface area contributed by atoms with Crippen molar-refractivity contribution in [1.82, 2.24) is 16.0 Å². The van der Waals surface area contributed by atoms with Crippen LogP contribution in [-0.4, -0.2) is 77.1 Å². The number of guanidine groups is 1. The molecule has 0 saturated carbocycles. The van der Waals surface area contributed by atoms with Gasteiger partial charge in [-0.2, -0.15) is 12.6 Å². The quantitative estimate of drug-likeness (QED) is 0.0474. The summed E-state index contributed by atoms with van der Waals surface area (Å²) in [5.74, 6) is -4.97. The van der Waals surface area contributed by atoms with E-state index in [2.05, 4.69) is 33.6 Å². The molecule has 188 valence electrons. The van der Waals surface area contributed by atoms with E-state index in [-0.39, 0.29) is 24.7 Å². The summed E-state index contributed by atoms with van der Waals surface area (Å²) in [5, 5.41) is 16.5. The molecule has 0 aromatic carbocycles. The molecule has 0 aliphatic rings. The Balaban J connectivity index is 5.13. The largest absolute Gasteiger partial charge is 0.480 e. The average Bonchev–Trinajstić information content (AvgIpc) is 2.70. The molecule has 0 aliphatic carbocycles. The first kappa shape index (κ1) is 29.9. The Morgan fingerprint density at radius 2 is 1.52 bits per heavy atom. The summed E-state index contributed by atoms with van der Waals surface area (Å²) >= 11 is 4.05. The van der Waals surface area contributed by atoms with E-state index in [0.717, 1.165) is 0 Å². The fourth-order valence-corrected chi connectivity index (χ4v) is 2.85. The lowest BCUT2D eigenvalue weighted by atomic mass is 10.0. The van der Waals surface area contributed by atoms with Gasteiger partial charge in [-0.1, -0.05) is 13.8 Å². The Labute approximate surface area is 197 Å². The van der Waals surface area contributed by atoms with Gasteiger partial charge in [0.05, 0.1) is 12.5 Å². The van der Waals surface area contributed by atoms with Gasteiger partial charge in [-0.3, -0.25) is 24.2 Å². The predicted octanol–water partition coefficient (Wildman–Crippen LogP) is -3.63. The second-order valence-corrected chi connectivity index (χ2v) is 7.96. The number of thiol groups is 1. The van der Waals surface area contributed by atoms with Crippen molar-refractivity contribution in [2.45, 2.75) is 57.3 Å². The lowest BCUT2D eigenvalue weighted by Crippen LogP contribution is -2.59. The van der Waals surface area contributed by atoms with Crippen molar-refractivity contribution < 1.29 is 29.1 Å². The van der Waals surface area contributed by atoms with Gasteiger partial charge in [0.25, 0.3) is 0 Å². The van der Waals surface area contributed by atoms with Crippen LogP contribution in [0.2, 0.25) is 0 Å². The van der Waals surface area contributed by atoms with Crippen molar-refractivity contribution in [1.29, 1.82) is 0 Å². The van der Waals surface area contributed by atoms with E-state index in [0.29, 0.717) is 6.42 Å². The number of carbonyl (C=O) groups is 5. The minimum absolute atomic E-state index is 0.0491. The number of hydrogen-bond acceptors (Lipinski definition) is 8. The third kappa shape index (κ3) is 11.9. The Morgan fingerprint density at radius 3 is 1.97 bits per heavy atom. The molecule has 0 aromatic rings. The fourth-order valence-electron chi connectivity index (χ4n) is 2.59. The monoisotopic (exact) mass is 490 g/mol. The minimum atomic E-state index is -1.27. The van der Waals surface area contributed by atoms with Gasteiger partial charge in [-0.25, -0.2) is 4.79 Å². The molecule has 4 unspecified atom stereocenters. The van der Waals surface area contributed by atoms with E-state index in [9.17, 15) is 29.1 Å². The van der Waals surface area contributed by atoms with Crippen LogP contribution in [0, 0.1) is 5.92 Å². The van der Waals surface area contributed by atoms with Crippen molar-refractivity contribution >= 4 is 48.2 Å². The molecule has 0 aliphatic heterocycles. The molecule has 4 amide bonds. The van der Waals surface area contributed by atoms with Gasteiger partial charge >= 0.3 is 5.97 Å². The van der Waals surface area contributed by atoms with E-state index in [4.69, 9.17) is 22.9 Å². The van der Waals surface area contributed by atoms with Crippen LogP contribution in [-0.2, 0) is 24.0 Å². The van der Waals surface area contributed by atoms with Crippen LogP contribution in [0.4, 0.5) is 0 Å². The maximum atomic E-state index is 12.7. The summed E-state index contributed by atoms with van der Waals surface area (Å²) in [7, 11) is 0. The van der Waals surface area contributed by atoms with Gasteiger partial charge in [-0.15, -0.1) is 0 Å². The van der Waals surface area contributed by atoms with Crippen LogP contribution in [0.3, 0.4) is 0 Å². The van der Waals surface area contributed by atoms with Gasteiger partial charge in [-0.05, 0) is 18.8 Å². The summed E-state index contributed by atoms with van der Waals surface area (Å²) in [5.41, 5.74) is 21.0. The molecule has 14 nitrogen and oxygen atoms in total. The lowest BCUT2D eigenvalue weighted by Gasteiger charge is -2.26. The molecule has 4 atom stereocenters. The lowest BCUT2D eigenvalue weighted by molar-refractivity contribution is -0.142. The highest BCUT2D eigenvalue weighted by atomic mass is 32.1. The number of carboxylic acids is 1. The number of carboxylic acid groups (broad SMARTS) is 1. The normalized spacial score (nSPS) is 14.3. The number of carbonyl (C=O) groups excluding carboxylic acids is 4. The molecule has 0 rings (SSSR count). The van der Waals surface area contributed by atoms with Crippen molar-refractivity contribution in [2.24, 2.45) is 33.8 Å². The number of aliphatic imine (C=N–C) groups is 1. The van der Waals surface area contributed by atoms with Crippen LogP contribution in [0.5, 0.6) is 0 Å². The third-order valence-electron chi connectivity index (χ3n) is 4.38. The zero-order valence-electron chi connectivity index (χ0n) is 18.6. The number of nitrogens with one attached hydrogen (secondary N) is 3. The van der Waals surface area contributed by atoms with E-state index < -0.39 is 66.1 Å². The zero-order chi connectivity index (χ0) is 25.7. The Kier molecular flexibility index (Phi) is 13.5. The number of nitrogens with two attached hydrogens (primary N) is 4. The van der Waals surface area contributed by atoms with Gasteiger partial charge in [0.15, 0.2) is 5.96 Å². The van der Waals surface area contributed by atoms with E-state index >= 15 is 0 Å². The molecule has 0 radical (unpaired) electrons. The van der Waals surface area contributed by atoms with Crippen molar-refractivity contribution in [2.75, 3.05) is 12.3 Å². The first-order valence-electron chi connectivity index (χ1n) is 10.1. The van der Waals surface area contributed by atoms with Crippen molar-refractivity contribution in [3.63, 3.8) is 0 Å². The number of nitrogens with zero attached hydrogens (tertiary/aromatic N) is 1. The summed E-state index contributed by atoms with van der Waals surface area (Å²) < 4.78 is 0. The standard InChI is InChI=1S/C18H34N8O6S/c1-8(2)13(26-14(28)9(19)6-12(20)27)16(30)25-11(7-33)15(29)24-10(17(31)32)4-3-5-23-18(21)22/h8-11,13,33H,3-7,19H2,1-2H3,(H2,20,27)(H,24,29)(H,25,30)(H,26,28)(H,31,32)(H4,21,22,23). The number of rotatable bonds is 15. The molecule has 12 N–H and O–H groups in total. The van der Waals surface area contributed by atoms with Gasteiger partial charge in [0.1, 0.15) is 18.1 Å². The van der Waals surface area contributed by atoms with Crippen molar-refractivity contribution in [3.8, 4) is 0 Å². The zero-order valence-corrected chi connectivity index (χ0v) is 19.5. The smallest absolute Gasteiger partial charge is 0.326 e. The molecule has 0 bridgehead atoms. The average molecular weight is 491 g/mol. The Bertz CT molecular complexity index is 743. The molecule has 0 fully saturated rings. The van der Waals surface area contributed by atoms with Crippen LogP contribution in [0.15, 0.2) is 4.99 Å². The molecule has 0 saturated heterocycles. The highest BCUT2D eigenvalue weighted by Crippen LogP contribution is 2.05. The molecule has 0 heterocycles. The van der Waals surface area contributed by atoms with E-state index in [1.165, 1.54) is 0 Å². The maximum Gasteiger partial charge on any atom is 0.326 e. The first-order valence-corrected chi connectivity index (χ1v) is 10.8. The molecule has 33 heavy (non-hydrogen) atoms. The number of aliphatic carboxylic acids is 1. The highest BCUT2D eigenvalue weighted by Gasteiger charge is 2.31. The highest BCUT2D eigenvalue weighted by molar-refractivity contribution is 7.80. The second-order valence-electron chi connectivity index (χ2n) is 7.60. The first-order chi connectivity index (χ1) is 15.3. The fraction of sp³-hybridized carbons (Fsp3) is 0.667. The third-order valence-corrected chi connectivity index (χ3v) is 4.75. The second kappa shape index (κ2) is 14.9. The van der Waals surface area contributed by atoms with Gasteiger partial charge < -0.3 is 44.0 Å². The topological polar surface area (TPSA) is 258 Å². The molecule has 15 heteroatoms. The number of primary amides is 1. The predicted molar refractivity (Wildman–Crippen MR) is 124 cm³/mol. The van der Waals surface area contributed by atoms with E-state index in [1.807, 2.05) is 0 Å². The SMILES string of the molecule is CC(C)C(NC(=O)C(N)CC(N)=O)C(=O)NC(CS)C(=O)NC(CCCN=C(N)N)C(=O)O. The molecular weight excluding hydrogens is 456 g/mol. The molecule has 0 aromatic heterocycles. The van der Waals surface area contributed by atoms with Crippen LogP contribution >= 0.6 is 12.6 Å². The Morgan fingerprint density at radius 1 is 0.939 bits per heavy atom. The van der Waals surface area contributed by atoms with E-state index in [1.54, 1.807) is 13.8 Å². The van der Waals surface area contributed by atoms with Crippen LogP contribution in [0.1, 0.15) is 33.1 Å². The summed E-state index contributed by atoms with van der Waals surface area (Å²) in [6, 6.07) is -4.74. The number of amides is 4. The maximum absolute atomic E-state index is 12.7. The minimum Gasteiger partial charge on any atom is -0.480 e. The van der Waals surface area contributed by atoms with Crippen molar-refractivity contribution in [3.05, 3.63) is 0 Å². The number of hydrogen-bond donors (Lipinski definition) is 9. The van der Waals surface area contributed by atoms with Crippen LogP contribution < -0.4 is 38.9 Å².